The molecule has 0 heterocycles. The fourth-order valence-corrected chi connectivity index (χ4v) is 2.50. The Morgan fingerprint density at radius 1 is 1.04 bits per heavy atom. The summed E-state index contributed by atoms with van der Waals surface area (Å²) in [5, 5.41) is 3.75. The van der Waals surface area contributed by atoms with Gasteiger partial charge in [-0.2, -0.15) is 0 Å². The molecule has 0 aliphatic heterocycles. The lowest BCUT2D eigenvalue weighted by Crippen LogP contribution is -2.30. The van der Waals surface area contributed by atoms with Gasteiger partial charge in [0.2, 0.25) is 0 Å². The van der Waals surface area contributed by atoms with Gasteiger partial charge in [-0.25, -0.2) is 0 Å². The maximum atomic E-state index is 12.4. The molecule has 0 saturated heterocycles. The maximum absolute atomic E-state index is 12.4. The Morgan fingerprint density at radius 3 is 2.32 bits per heavy atom. The Morgan fingerprint density at radius 2 is 1.72 bits per heavy atom. The third kappa shape index (κ3) is 4.71. The minimum Gasteiger partial charge on any atom is -0.495 e. The Hall–Kier alpha value is -2.11. The van der Waals surface area contributed by atoms with E-state index in [4.69, 9.17) is 37.4 Å². The van der Waals surface area contributed by atoms with Crippen LogP contribution in [0.3, 0.4) is 0 Å². The summed E-state index contributed by atoms with van der Waals surface area (Å²) in [5.41, 5.74) is 1.30. The van der Waals surface area contributed by atoms with Gasteiger partial charge >= 0.3 is 0 Å². The van der Waals surface area contributed by atoms with E-state index in [1.165, 1.54) is 14.2 Å². The van der Waals surface area contributed by atoms with Crippen LogP contribution in [0.1, 0.15) is 12.5 Å². The van der Waals surface area contributed by atoms with E-state index in [1.807, 2.05) is 6.92 Å². The highest BCUT2D eigenvalue weighted by atomic mass is 35.5. The van der Waals surface area contributed by atoms with Gasteiger partial charge in [0.05, 0.1) is 24.9 Å². The quantitative estimate of drug-likeness (QED) is 0.783. The van der Waals surface area contributed by atoms with Crippen LogP contribution in [-0.4, -0.2) is 26.2 Å². The van der Waals surface area contributed by atoms with Gasteiger partial charge in [0.25, 0.3) is 5.91 Å². The zero-order valence-electron chi connectivity index (χ0n) is 14.4. The van der Waals surface area contributed by atoms with Crippen molar-refractivity contribution in [2.75, 3.05) is 19.5 Å². The van der Waals surface area contributed by atoms with Gasteiger partial charge in [0, 0.05) is 11.1 Å². The molecule has 0 bridgehead atoms. The first-order valence-electron chi connectivity index (χ1n) is 7.51. The normalized spacial score (nSPS) is 11.6. The molecule has 5 nitrogen and oxygen atoms in total. The SMILES string of the molecule is COc1cc(OC)c(NC(=O)[C@H](C)Oc2ccc(Cl)c(C)c2)cc1Cl. The molecule has 7 heteroatoms. The Bertz CT molecular complexity index is 780. The van der Waals surface area contributed by atoms with Crippen LogP contribution in [0.25, 0.3) is 0 Å². The largest absolute Gasteiger partial charge is 0.495 e. The minimum absolute atomic E-state index is 0.341. The topological polar surface area (TPSA) is 56.8 Å². The van der Waals surface area contributed by atoms with E-state index >= 15 is 0 Å². The highest BCUT2D eigenvalue weighted by Crippen LogP contribution is 2.36. The molecule has 25 heavy (non-hydrogen) atoms. The molecule has 0 aromatic heterocycles. The number of halogens is 2. The molecule has 2 aromatic carbocycles. The molecular formula is C18H19Cl2NO4. The molecule has 134 valence electrons. The van der Waals surface area contributed by atoms with Crippen LogP contribution >= 0.6 is 23.2 Å². The minimum atomic E-state index is -0.730. The second-order valence-electron chi connectivity index (χ2n) is 5.35. The molecule has 0 aliphatic rings. The molecular weight excluding hydrogens is 365 g/mol. The van der Waals surface area contributed by atoms with Crippen LogP contribution < -0.4 is 19.5 Å². The van der Waals surface area contributed by atoms with Crippen molar-refractivity contribution in [1.82, 2.24) is 0 Å². The van der Waals surface area contributed by atoms with Crippen molar-refractivity contribution in [3.63, 3.8) is 0 Å². The fourth-order valence-electron chi connectivity index (χ4n) is 2.14. The molecule has 2 aromatic rings. The zero-order chi connectivity index (χ0) is 18.6. The fraction of sp³-hybridized carbons (Fsp3) is 0.278. The highest BCUT2D eigenvalue weighted by molar-refractivity contribution is 6.32. The van der Waals surface area contributed by atoms with E-state index in [9.17, 15) is 4.79 Å². The summed E-state index contributed by atoms with van der Waals surface area (Å²) in [6, 6.07) is 8.38. The van der Waals surface area contributed by atoms with Gasteiger partial charge in [0.1, 0.15) is 17.2 Å². The monoisotopic (exact) mass is 383 g/mol. The van der Waals surface area contributed by atoms with Gasteiger partial charge in [-0.15, -0.1) is 0 Å². The number of aryl methyl sites for hydroxylation is 1. The molecule has 1 atom stereocenters. The number of hydrogen-bond acceptors (Lipinski definition) is 4. The van der Waals surface area contributed by atoms with E-state index in [0.29, 0.717) is 33.0 Å². The molecule has 0 fully saturated rings. The van der Waals surface area contributed by atoms with E-state index in [2.05, 4.69) is 5.32 Å². The molecule has 0 saturated carbocycles. The smallest absolute Gasteiger partial charge is 0.265 e. The van der Waals surface area contributed by atoms with Gasteiger partial charge in [-0.1, -0.05) is 23.2 Å². The van der Waals surface area contributed by atoms with Crippen molar-refractivity contribution in [2.24, 2.45) is 0 Å². The number of carbonyl (C=O) groups is 1. The lowest BCUT2D eigenvalue weighted by Gasteiger charge is -2.17. The number of methoxy groups -OCH3 is 2. The standard InChI is InChI=1S/C18H19Cl2NO4/c1-10-7-12(5-6-13(10)19)25-11(2)18(22)21-15-8-14(20)16(23-3)9-17(15)24-4/h5-9,11H,1-4H3,(H,21,22)/t11-/m0/s1. The molecule has 1 amide bonds. The number of benzene rings is 2. The van der Waals surface area contributed by atoms with Crippen LogP contribution in [0.2, 0.25) is 10.0 Å². The number of amides is 1. The first kappa shape index (κ1) is 19.2. The number of rotatable bonds is 6. The highest BCUT2D eigenvalue weighted by Gasteiger charge is 2.18. The van der Waals surface area contributed by atoms with Gasteiger partial charge in [-0.05, 0) is 43.7 Å². The van der Waals surface area contributed by atoms with Crippen molar-refractivity contribution in [3.05, 3.63) is 45.9 Å². The van der Waals surface area contributed by atoms with Crippen molar-refractivity contribution in [3.8, 4) is 17.2 Å². The van der Waals surface area contributed by atoms with Crippen LogP contribution in [0.4, 0.5) is 5.69 Å². The van der Waals surface area contributed by atoms with Gasteiger partial charge in [0.15, 0.2) is 6.10 Å². The van der Waals surface area contributed by atoms with Crippen molar-refractivity contribution < 1.29 is 19.0 Å². The second-order valence-corrected chi connectivity index (χ2v) is 6.16. The van der Waals surface area contributed by atoms with Crippen LogP contribution in [-0.2, 0) is 4.79 Å². The predicted octanol–water partition coefficient (Wildman–Crippen LogP) is 4.73. The third-order valence-electron chi connectivity index (χ3n) is 3.54. The third-order valence-corrected chi connectivity index (χ3v) is 4.26. The average molecular weight is 384 g/mol. The summed E-state index contributed by atoms with van der Waals surface area (Å²) in [7, 11) is 3.00. The van der Waals surface area contributed by atoms with E-state index in [1.54, 1.807) is 37.3 Å². The first-order chi connectivity index (χ1) is 11.8. The zero-order valence-corrected chi connectivity index (χ0v) is 15.9. The first-order valence-corrected chi connectivity index (χ1v) is 8.26. The number of nitrogens with one attached hydrogen (secondary N) is 1. The Labute approximate surface area is 156 Å². The van der Waals surface area contributed by atoms with Crippen LogP contribution in [0.5, 0.6) is 17.2 Å². The molecule has 2 rings (SSSR count). The molecule has 0 unspecified atom stereocenters. The van der Waals surface area contributed by atoms with Crippen LogP contribution in [0, 0.1) is 6.92 Å². The summed E-state index contributed by atoms with van der Waals surface area (Å²) in [4.78, 5) is 12.4. The average Bonchev–Trinajstić information content (AvgIpc) is 2.58. The van der Waals surface area contributed by atoms with Gasteiger partial charge in [-0.3, -0.25) is 4.79 Å². The lowest BCUT2D eigenvalue weighted by atomic mass is 10.2. The summed E-state index contributed by atoms with van der Waals surface area (Å²) < 4.78 is 16.1. The Kier molecular flexibility index (Phi) is 6.39. The predicted molar refractivity (Wildman–Crippen MR) is 99.5 cm³/mol. The van der Waals surface area contributed by atoms with Crippen LogP contribution in [0.15, 0.2) is 30.3 Å². The molecule has 0 aliphatic carbocycles. The van der Waals surface area contributed by atoms with E-state index < -0.39 is 6.10 Å². The molecule has 1 N–H and O–H groups in total. The van der Waals surface area contributed by atoms with Gasteiger partial charge < -0.3 is 19.5 Å². The Balaban J connectivity index is 2.13. The number of hydrogen-bond donors (Lipinski definition) is 1. The summed E-state index contributed by atoms with van der Waals surface area (Å²) in [6.45, 7) is 3.51. The van der Waals surface area contributed by atoms with E-state index in [-0.39, 0.29) is 5.91 Å². The summed E-state index contributed by atoms with van der Waals surface area (Å²) in [6.07, 6.45) is -0.730. The summed E-state index contributed by atoms with van der Waals surface area (Å²) >= 11 is 12.1. The number of anilines is 1. The number of carbonyl (C=O) groups excluding carboxylic acids is 1. The van der Waals surface area contributed by atoms with E-state index in [0.717, 1.165) is 5.56 Å². The van der Waals surface area contributed by atoms with Crippen molar-refractivity contribution in [2.45, 2.75) is 20.0 Å². The van der Waals surface area contributed by atoms with Crippen molar-refractivity contribution >= 4 is 34.8 Å². The number of ether oxygens (including phenoxy) is 3. The summed E-state index contributed by atoms with van der Waals surface area (Å²) in [5.74, 6) is 1.11. The van der Waals surface area contributed by atoms with Crippen molar-refractivity contribution in [1.29, 1.82) is 0 Å². The molecule has 0 radical (unpaired) electrons. The molecule has 0 spiro atoms. The maximum Gasteiger partial charge on any atom is 0.265 e. The lowest BCUT2D eigenvalue weighted by molar-refractivity contribution is -0.122. The second kappa shape index (κ2) is 8.32.